The highest BCUT2D eigenvalue weighted by molar-refractivity contribution is 7.92. The number of aryl methyl sites for hydroxylation is 2. The van der Waals surface area contributed by atoms with Gasteiger partial charge in [-0.3, -0.25) is 0 Å². The maximum atomic E-state index is 12.7. The molecule has 2 aromatic heterocycles. The van der Waals surface area contributed by atoms with Crippen molar-refractivity contribution in [2.75, 3.05) is 41.1 Å². The van der Waals surface area contributed by atoms with Gasteiger partial charge < -0.3 is 15.1 Å². The van der Waals surface area contributed by atoms with Gasteiger partial charge in [0.2, 0.25) is 5.95 Å². The molecule has 0 unspecified atom stereocenters. The van der Waals surface area contributed by atoms with Gasteiger partial charge in [0.1, 0.15) is 5.82 Å². The van der Waals surface area contributed by atoms with Crippen LogP contribution < -0.4 is 14.9 Å². The number of nitrogens with one attached hydrogen (secondary N) is 2. The SMILES string of the molecule is Cc1cc(C)nc(NS(=O)(=O)c2ccc(NC(=S)N3CCN(c4ccccn4)CC3)cc2)n1. The Kier molecular flexibility index (Phi) is 6.70. The van der Waals surface area contributed by atoms with Gasteiger partial charge >= 0.3 is 0 Å². The highest BCUT2D eigenvalue weighted by Crippen LogP contribution is 2.18. The molecule has 0 atom stereocenters. The third-order valence-corrected chi connectivity index (χ3v) is 6.87. The van der Waals surface area contributed by atoms with Crippen molar-refractivity contribution >= 4 is 44.8 Å². The molecule has 9 nitrogen and oxygen atoms in total. The van der Waals surface area contributed by atoms with E-state index < -0.39 is 10.0 Å². The van der Waals surface area contributed by atoms with E-state index in [-0.39, 0.29) is 10.8 Å². The molecule has 1 fully saturated rings. The summed E-state index contributed by atoms with van der Waals surface area (Å²) < 4.78 is 27.8. The van der Waals surface area contributed by atoms with E-state index in [1.165, 1.54) is 12.1 Å². The molecule has 0 radical (unpaired) electrons. The van der Waals surface area contributed by atoms with Crippen molar-refractivity contribution in [1.29, 1.82) is 0 Å². The van der Waals surface area contributed by atoms with Gasteiger partial charge in [-0.1, -0.05) is 6.07 Å². The molecule has 3 heterocycles. The Balaban J connectivity index is 1.35. The fourth-order valence-corrected chi connectivity index (χ4v) is 4.79. The standard InChI is InChI=1S/C22H25N7O2S2/c1-16-15-17(2)25-21(24-16)27-33(30,31)19-8-6-18(7-9-19)26-22(32)29-13-11-28(12-14-29)20-5-3-4-10-23-20/h3-10,15H,11-14H2,1-2H3,(H,26,32)(H,24,25,27). The zero-order chi connectivity index (χ0) is 23.4. The third-order valence-electron chi connectivity index (χ3n) is 5.16. The molecule has 11 heteroatoms. The summed E-state index contributed by atoms with van der Waals surface area (Å²) in [5.41, 5.74) is 2.09. The highest BCUT2D eigenvalue weighted by Gasteiger charge is 2.20. The van der Waals surface area contributed by atoms with Gasteiger partial charge in [-0.25, -0.2) is 28.1 Å². The van der Waals surface area contributed by atoms with Crippen molar-refractivity contribution in [3.05, 3.63) is 66.1 Å². The minimum absolute atomic E-state index is 0.0562. The van der Waals surface area contributed by atoms with Crippen LogP contribution in [0.3, 0.4) is 0 Å². The first kappa shape index (κ1) is 22.9. The predicted octanol–water partition coefficient (Wildman–Crippen LogP) is 2.81. The Labute approximate surface area is 198 Å². The second-order valence-electron chi connectivity index (χ2n) is 7.70. The molecule has 1 aliphatic rings. The van der Waals surface area contributed by atoms with Crippen LogP contribution in [-0.4, -0.2) is 59.6 Å². The first-order chi connectivity index (χ1) is 15.8. The van der Waals surface area contributed by atoms with E-state index in [2.05, 4.69) is 34.8 Å². The minimum Gasteiger partial charge on any atom is -0.353 e. The Bertz CT molecular complexity index is 1210. The zero-order valence-electron chi connectivity index (χ0n) is 18.4. The van der Waals surface area contributed by atoms with Crippen LogP contribution in [0.5, 0.6) is 0 Å². The zero-order valence-corrected chi connectivity index (χ0v) is 20.0. The van der Waals surface area contributed by atoms with E-state index in [1.54, 1.807) is 38.2 Å². The van der Waals surface area contributed by atoms with Crippen LogP contribution in [0.25, 0.3) is 0 Å². The van der Waals surface area contributed by atoms with Crippen LogP contribution in [0.1, 0.15) is 11.4 Å². The number of sulfonamides is 1. The van der Waals surface area contributed by atoms with Crippen molar-refractivity contribution in [1.82, 2.24) is 19.9 Å². The molecule has 33 heavy (non-hydrogen) atoms. The summed E-state index contributed by atoms with van der Waals surface area (Å²) in [5.74, 6) is 1.02. The first-order valence-electron chi connectivity index (χ1n) is 10.5. The lowest BCUT2D eigenvalue weighted by atomic mass is 10.3. The number of rotatable bonds is 5. The molecule has 1 saturated heterocycles. The van der Waals surface area contributed by atoms with Crippen LogP contribution >= 0.6 is 12.2 Å². The summed E-state index contributed by atoms with van der Waals surface area (Å²) in [6.07, 6.45) is 1.79. The molecule has 1 aliphatic heterocycles. The van der Waals surface area contributed by atoms with E-state index in [9.17, 15) is 8.42 Å². The van der Waals surface area contributed by atoms with Crippen LogP contribution in [-0.2, 0) is 10.0 Å². The van der Waals surface area contributed by atoms with E-state index in [0.717, 1.165) is 32.0 Å². The number of piperazine rings is 1. The van der Waals surface area contributed by atoms with Crippen LogP contribution in [0.15, 0.2) is 59.6 Å². The summed E-state index contributed by atoms with van der Waals surface area (Å²) in [6.45, 7) is 6.76. The largest absolute Gasteiger partial charge is 0.353 e. The summed E-state index contributed by atoms with van der Waals surface area (Å²) in [6, 6.07) is 14.1. The number of aromatic nitrogens is 3. The number of pyridine rings is 1. The highest BCUT2D eigenvalue weighted by atomic mass is 32.2. The molecule has 3 aromatic rings. The van der Waals surface area contributed by atoms with Crippen molar-refractivity contribution in [2.45, 2.75) is 18.7 Å². The van der Waals surface area contributed by atoms with Crippen molar-refractivity contribution in [2.24, 2.45) is 0 Å². The molecule has 4 rings (SSSR count). The lowest BCUT2D eigenvalue weighted by Crippen LogP contribution is -2.50. The summed E-state index contributed by atoms with van der Waals surface area (Å²) in [5, 5.41) is 3.80. The molecule has 0 aliphatic carbocycles. The molecule has 0 amide bonds. The van der Waals surface area contributed by atoms with Gasteiger partial charge in [0.15, 0.2) is 5.11 Å². The molecule has 0 bridgehead atoms. The van der Waals surface area contributed by atoms with Crippen LogP contribution in [0.4, 0.5) is 17.5 Å². The quantitative estimate of drug-likeness (QED) is 0.530. The van der Waals surface area contributed by atoms with Gasteiger partial charge in [-0.05, 0) is 68.5 Å². The Morgan fingerprint density at radius 2 is 1.64 bits per heavy atom. The summed E-state index contributed by atoms with van der Waals surface area (Å²) in [4.78, 5) is 17.1. The minimum atomic E-state index is -3.80. The number of benzene rings is 1. The molecule has 172 valence electrons. The molecular weight excluding hydrogens is 458 g/mol. The monoisotopic (exact) mass is 483 g/mol. The molecule has 2 N–H and O–H groups in total. The molecular formula is C22H25N7O2S2. The average molecular weight is 484 g/mol. The predicted molar refractivity (Wildman–Crippen MR) is 133 cm³/mol. The first-order valence-corrected chi connectivity index (χ1v) is 12.4. The van der Waals surface area contributed by atoms with Crippen LogP contribution in [0.2, 0.25) is 0 Å². The fourth-order valence-electron chi connectivity index (χ4n) is 3.55. The smallest absolute Gasteiger partial charge is 0.264 e. The Morgan fingerprint density at radius 1 is 0.970 bits per heavy atom. The lowest BCUT2D eigenvalue weighted by molar-refractivity contribution is 0.389. The van der Waals surface area contributed by atoms with Gasteiger partial charge in [-0.15, -0.1) is 0 Å². The normalized spacial score (nSPS) is 14.1. The number of nitrogens with zero attached hydrogens (tertiary/aromatic N) is 5. The number of hydrogen-bond donors (Lipinski definition) is 2. The molecule has 1 aromatic carbocycles. The van der Waals surface area contributed by atoms with Gasteiger partial charge in [0.25, 0.3) is 10.0 Å². The van der Waals surface area contributed by atoms with E-state index >= 15 is 0 Å². The average Bonchev–Trinajstić information content (AvgIpc) is 2.79. The Hall–Kier alpha value is -3.31. The van der Waals surface area contributed by atoms with Crippen LogP contribution in [0, 0.1) is 13.8 Å². The van der Waals surface area contributed by atoms with E-state index in [1.807, 2.05) is 18.2 Å². The number of hydrogen-bond acceptors (Lipinski definition) is 7. The topological polar surface area (TPSA) is 103 Å². The van der Waals surface area contributed by atoms with Crippen molar-refractivity contribution < 1.29 is 8.42 Å². The fraction of sp³-hybridized carbons (Fsp3) is 0.273. The summed E-state index contributed by atoms with van der Waals surface area (Å²) in [7, 11) is -3.80. The summed E-state index contributed by atoms with van der Waals surface area (Å²) >= 11 is 5.56. The van der Waals surface area contributed by atoms with Crippen molar-refractivity contribution in [3.8, 4) is 0 Å². The van der Waals surface area contributed by atoms with Gasteiger partial charge in [-0.2, -0.15) is 0 Å². The van der Waals surface area contributed by atoms with E-state index in [0.29, 0.717) is 22.2 Å². The van der Waals surface area contributed by atoms with Crippen molar-refractivity contribution in [3.63, 3.8) is 0 Å². The maximum Gasteiger partial charge on any atom is 0.264 e. The molecule has 0 saturated carbocycles. The Morgan fingerprint density at radius 3 is 2.24 bits per heavy atom. The van der Waals surface area contributed by atoms with Gasteiger partial charge in [0.05, 0.1) is 4.90 Å². The number of thiocarbonyl (C=S) groups is 1. The molecule has 0 spiro atoms. The van der Waals surface area contributed by atoms with Gasteiger partial charge in [0, 0.05) is 49.5 Å². The lowest BCUT2D eigenvalue weighted by Gasteiger charge is -2.36. The second-order valence-corrected chi connectivity index (χ2v) is 9.77. The number of anilines is 3. The third kappa shape index (κ3) is 5.74. The second kappa shape index (κ2) is 9.67. The maximum absolute atomic E-state index is 12.7. The van der Waals surface area contributed by atoms with E-state index in [4.69, 9.17) is 12.2 Å².